The molecule has 0 saturated carbocycles. The van der Waals surface area contributed by atoms with Crippen LogP contribution in [0.4, 0.5) is 4.39 Å². The smallest absolute Gasteiger partial charge is 0.250 e. The maximum Gasteiger partial charge on any atom is 0.250 e. The van der Waals surface area contributed by atoms with Crippen LogP contribution >= 0.6 is 15.9 Å². The molecule has 0 heterocycles. The summed E-state index contributed by atoms with van der Waals surface area (Å²) in [4.78, 5) is 9.37. The zero-order chi connectivity index (χ0) is 18.3. The summed E-state index contributed by atoms with van der Waals surface area (Å²) >= 11 is 2.76. The Bertz CT molecular complexity index is 1050. The quantitative estimate of drug-likeness (QED) is 0.740. The molecule has 0 fully saturated rings. The monoisotopic (exact) mass is 436 g/mol. The van der Waals surface area contributed by atoms with E-state index >= 15 is 0 Å². The summed E-state index contributed by atoms with van der Waals surface area (Å²) in [6.07, 6.45) is 0. The predicted octanol–water partition coefficient (Wildman–Crippen LogP) is 1.17. The Labute approximate surface area is 145 Å². The van der Waals surface area contributed by atoms with Crippen molar-refractivity contribution in [1.82, 2.24) is 0 Å². The Hall–Kier alpha value is -1.82. The third kappa shape index (κ3) is 3.20. The summed E-state index contributed by atoms with van der Waals surface area (Å²) in [6, 6.07) is 6.26. The number of sulfonamides is 1. The third-order valence-corrected chi connectivity index (χ3v) is 7.06. The van der Waals surface area contributed by atoms with Crippen LogP contribution < -0.4 is 10.9 Å². The van der Waals surface area contributed by atoms with E-state index in [1.165, 1.54) is 12.1 Å². The first-order valence-corrected chi connectivity index (χ1v) is 9.95. The fourth-order valence-corrected chi connectivity index (χ4v) is 5.89. The number of sulfone groups is 1. The first kappa shape index (κ1) is 18.5. The standard InChI is InChI=1S/C13H10BrFN2O5S2/c14-11-8(15)6-5-7(13(16)18)12(11)23(19,20)9-3-1-2-4-10(9)24(17,21)22/h1-6H,(H2,16,18)(H2,17,21,22). The van der Waals surface area contributed by atoms with E-state index in [9.17, 15) is 26.0 Å². The lowest BCUT2D eigenvalue weighted by Gasteiger charge is -2.13. The van der Waals surface area contributed by atoms with Gasteiger partial charge in [0.05, 0.1) is 14.9 Å². The minimum atomic E-state index is -4.63. The molecule has 0 bridgehead atoms. The van der Waals surface area contributed by atoms with Gasteiger partial charge in [-0.1, -0.05) is 12.1 Å². The molecule has 4 N–H and O–H groups in total. The number of carbonyl (C=O) groups excluding carboxylic acids is 1. The normalized spacial score (nSPS) is 12.1. The fraction of sp³-hybridized carbons (Fsp3) is 0. The van der Waals surface area contributed by atoms with Gasteiger partial charge in [0.1, 0.15) is 15.6 Å². The number of rotatable bonds is 4. The molecule has 2 rings (SSSR count). The molecule has 0 unspecified atom stereocenters. The highest BCUT2D eigenvalue weighted by Gasteiger charge is 2.32. The molecule has 0 aliphatic carbocycles. The van der Waals surface area contributed by atoms with E-state index in [4.69, 9.17) is 10.9 Å². The van der Waals surface area contributed by atoms with Crippen LogP contribution in [0.5, 0.6) is 0 Å². The van der Waals surface area contributed by atoms with Crippen LogP contribution in [-0.2, 0) is 19.9 Å². The van der Waals surface area contributed by atoms with E-state index in [0.29, 0.717) is 0 Å². The molecule has 0 spiro atoms. The largest absolute Gasteiger partial charge is 0.366 e. The molecule has 0 aliphatic heterocycles. The van der Waals surface area contributed by atoms with E-state index in [-0.39, 0.29) is 0 Å². The van der Waals surface area contributed by atoms with Crippen molar-refractivity contribution in [2.75, 3.05) is 0 Å². The van der Waals surface area contributed by atoms with Gasteiger partial charge in [-0.3, -0.25) is 4.79 Å². The van der Waals surface area contributed by atoms with Crippen molar-refractivity contribution in [2.45, 2.75) is 14.7 Å². The number of hydrogen-bond donors (Lipinski definition) is 2. The van der Waals surface area contributed by atoms with Crippen molar-refractivity contribution in [3.63, 3.8) is 0 Å². The summed E-state index contributed by atoms with van der Waals surface area (Å²) in [6.45, 7) is 0. The summed E-state index contributed by atoms with van der Waals surface area (Å²) in [5.41, 5.74) is 4.65. The predicted molar refractivity (Wildman–Crippen MR) is 85.9 cm³/mol. The second-order valence-corrected chi connectivity index (χ2v) is 8.78. The van der Waals surface area contributed by atoms with Gasteiger partial charge in [-0.05, 0) is 40.2 Å². The number of carbonyl (C=O) groups is 1. The van der Waals surface area contributed by atoms with E-state index in [2.05, 4.69) is 15.9 Å². The van der Waals surface area contributed by atoms with Crippen molar-refractivity contribution in [3.8, 4) is 0 Å². The van der Waals surface area contributed by atoms with E-state index in [1.54, 1.807) is 0 Å². The van der Waals surface area contributed by atoms with Gasteiger partial charge in [0, 0.05) is 0 Å². The number of amides is 1. The zero-order valence-corrected chi connectivity index (χ0v) is 15.0. The molecule has 7 nitrogen and oxygen atoms in total. The topological polar surface area (TPSA) is 137 Å². The Morgan fingerprint density at radius 2 is 1.54 bits per heavy atom. The number of primary sulfonamides is 1. The summed E-state index contributed by atoms with van der Waals surface area (Å²) < 4.78 is 62.3. The molecule has 2 aromatic carbocycles. The van der Waals surface area contributed by atoms with Gasteiger partial charge in [0.15, 0.2) is 0 Å². The number of benzene rings is 2. The van der Waals surface area contributed by atoms with Gasteiger partial charge in [-0.15, -0.1) is 0 Å². The first-order valence-electron chi connectivity index (χ1n) is 6.12. The van der Waals surface area contributed by atoms with Gasteiger partial charge in [0.25, 0.3) is 0 Å². The maximum atomic E-state index is 13.8. The average molecular weight is 437 g/mol. The van der Waals surface area contributed by atoms with Crippen molar-refractivity contribution in [3.05, 3.63) is 52.3 Å². The lowest BCUT2D eigenvalue weighted by molar-refractivity contribution is 0.0997. The van der Waals surface area contributed by atoms with Gasteiger partial charge in [0.2, 0.25) is 25.8 Å². The van der Waals surface area contributed by atoms with Crippen molar-refractivity contribution in [2.24, 2.45) is 10.9 Å². The van der Waals surface area contributed by atoms with Crippen molar-refractivity contribution < 1.29 is 26.0 Å². The fourth-order valence-electron chi connectivity index (χ4n) is 2.01. The van der Waals surface area contributed by atoms with Gasteiger partial charge < -0.3 is 5.73 Å². The highest BCUT2D eigenvalue weighted by atomic mass is 79.9. The molecule has 0 radical (unpaired) electrons. The van der Waals surface area contributed by atoms with Crippen LogP contribution in [0.2, 0.25) is 0 Å². The highest BCUT2D eigenvalue weighted by Crippen LogP contribution is 2.35. The molecule has 128 valence electrons. The van der Waals surface area contributed by atoms with Gasteiger partial charge in [-0.2, -0.15) is 0 Å². The van der Waals surface area contributed by atoms with E-state index in [0.717, 1.165) is 24.3 Å². The van der Waals surface area contributed by atoms with E-state index < -0.39 is 56.3 Å². The second kappa shape index (κ2) is 6.24. The van der Waals surface area contributed by atoms with Gasteiger partial charge >= 0.3 is 0 Å². The zero-order valence-electron chi connectivity index (χ0n) is 11.7. The molecule has 24 heavy (non-hydrogen) atoms. The second-order valence-electron chi connectivity index (χ2n) is 4.60. The van der Waals surface area contributed by atoms with E-state index in [1.807, 2.05) is 0 Å². The molecule has 0 aliphatic rings. The molecular formula is C13H10BrFN2O5S2. The number of halogens is 2. The lowest BCUT2D eigenvalue weighted by Crippen LogP contribution is -2.20. The molecule has 0 aromatic heterocycles. The first-order chi connectivity index (χ1) is 11.0. The lowest BCUT2D eigenvalue weighted by atomic mass is 10.2. The number of primary amides is 1. The average Bonchev–Trinajstić information content (AvgIpc) is 2.48. The van der Waals surface area contributed by atoms with Crippen molar-refractivity contribution >= 4 is 41.7 Å². The number of nitrogens with two attached hydrogens (primary N) is 2. The SMILES string of the molecule is NC(=O)c1ccc(F)c(Br)c1S(=O)(=O)c1ccccc1S(N)(=O)=O. The molecule has 1 amide bonds. The Morgan fingerprint density at radius 3 is 2.04 bits per heavy atom. The summed E-state index contributed by atoms with van der Waals surface area (Å²) in [5.74, 6) is -2.09. The highest BCUT2D eigenvalue weighted by molar-refractivity contribution is 9.10. The molecule has 0 atom stereocenters. The van der Waals surface area contributed by atoms with Crippen LogP contribution in [0, 0.1) is 5.82 Å². The molecule has 2 aromatic rings. The van der Waals surface area contributed by atoms with Crippen molar-refractivity contribution in [1.29, 1.82) is 0 Å². The summed E-state index contributed by atoms with van der Waals surface area (Å²) in [5, 5.41) is 5.03. The maximum absolute atomic E-state index is 13.8. The Morgan fingerprint density at radius 1 is 1.00 bits per heavy atom. The summed E-state index contributed by atoms with van der Waals surface area (Å²) in [7, 11) is -9.01. The minimum Gasteiger partial charge on any atom is -0.366 e. The molecule has 11 heteroatoms. The van der Waals surface area contributed by atoms with Crippen LogP contribution in [0.3, 0.4) is 0 Å². The third-order valence-electron chi connectivity index (χ3n) is 3.03. The van der Waals surface area contributed by atoms with Crippen LogP contribution in [0.15, 0.2) is 55.6 Å². The minimum absolute atomic E-state index is 0.493. The van der Waals surface area contributed by atoms with Crippen LogP contribution in [0.25, 0.3) is 0 Å². The number of hydrogen-bond acceptors (Lipinski definition) is 5. The molecular weight excluding hydrogens is 427 g/mol. The van der Waals surface area contributed by atoms with Crippen LogP contribution in [-0.4, -0.2) is 22.7 Å². The van der Waals surface area contributed by atoms with Crippen LogP contribution in [0.1, 0.15) is 10.4 Å². The Balaban J connectivity index is 2.94. The molecule has 0 saturated heterocycles. The van der Waals surface area contributed by atoms with Gasteiger partial charge in [-0.25, -0.2) is 26.4 Å². The Kier molecular flexibility index (Phi) is 4.81.